The minimum Gasteiger partial charge on any atom is -0.497 e. The summed E-state index contributed by atoms with van der Waals surface area (Å²) in [6, 6.07) is 17.8. The fourth-order valence-electron chi connectivity index (χ4n) is 2.50. The molecule has 0 unspecified atom stereocenters. The summed E-state index contributed by atoms with van der Waals surface area (Å²) in [5.74, 6) is 0.834. The van der Waals surface area contributed by atoms with Crippen LogP contribution in [0.1, 0.15) is 11.1 Å². The van der Waals surface area contributed by atoms with Gasteiger partial charge in [-0.2, -0.15) is 5.10 Å². The third-order valence-electron chi connectivity index (χ3n) is 3.79. The van der Waals surface area contributed by atoms with E-state index in [-0.39, 0.29) is 0 Å². The van der Waals surface area contributed by atoms with Crippen molar-refractivity contribution in [1.29, 1.82) is 0 Å². The van der Waals surface area contributed by atoms with E-state index in [0.717, 1.165) is 28.1 Å². The molecule has 5 heteroatoms. The van der Waals surface area contributed by atoms with Crippen LogP contribution in [-0.4, -0.2) is 16.9 Å². The first-order valence-electron chi connectivity index (χ1n) is 7.66. The summed E-state index contributed by atoms with van der Waals surface area (Å²) in [5.41, 5.74) is 3.87. The first-order chi connectivity index (χ1) is 11.7. The topological polar surface area (TPSA) is 36.3 Å². The van der Waals surface area contributed by atoms with Crippen molar-refractivity contribution >= 4 is 11.6 Å². The second kappa shape index (κ2) is 7.51. The largest absolute Gasteiger partial charge is 0.497 e. The third kappa shape index (κ3) is 3.61. The number of methoxy groups -OCH3 is 1. The van der Waals surface area contributed by atoms with Gasteiger partial charge < -0.3 is 9.47 Å². The highest BCUT2D eigenvalue weighted by Gasteiger charge is 2.16. The van der Waals surface area contributed by atoms with Crippen LogP contribution in [0.3, 0.4) is 0 Å². The molecule has 124 valence electrons. The van der Waals surface area contributed by atoms with E-state index >= 15 is 0 Å². The summed E-state index contributed by atoms with van der Waals surface area (Å²) < 4.78 is 12.7. The monoisotopic (exact) mass is 342 g/mol. The molecule has 0 saturated heterocycles. The number of ether oxygens (including phenoxy) is 2. The standard InChI is InChI=1S/C19H19ClN2O2/c1-22-19(20)17(18(21-22)15-6-4-3-5-7-15)13-24-12-14-8-10-16(23-2)11-9-14/h3-11H,12-13H2,1-2H3. The van der Waals surface area contributed by atoms with Crippen LogP contribution in [0.5, 0.6) is 5.75 Å². The predicted molar refractivity (Wildman–Crippen MR) is 95.1 cm³/mol. The van der Waals surface area contributed by atoms with Crippen LogP contribution < -0.4 is 4.74 Å². The van der Waals surface area contributed by atoms with E-state index in [4.69, 9.17) is 21.1 Å². The lowest BCUT2D eigenvalue weighted by Crippen LogP contribution is -1.96. The number of benzene rings is 2. The molecule has 0 bridgehead atoms. The molecule has 0 radical (unpaired) electrons. The number of aromatic nitrogens is 2. The number of halogens is 1. The summed E-state index contributed by atoms with van der Waals surface area (Å²) in [5, 5.41) is 5.12. The molecule has 24 heavy (non-hydrogen) atoms. The molecule has 0 fully saturated rings. The first-order valence-corrected chi connectivity index (χ1v) is 8.04. The highest BCUT2D eigenvalue weighted by atomic mass is 35.5. The quantitative estimate of drug-likeness (QED) is 0.663. The van der Waals surface area contributed by atoms with Gasteiger partial charge in [-0.3, -0.25) is 4.68 Å². The van der Waals surface area contributed by atoms with Gasteiger partial charge >= 0.3 is 0 Å². The Hall–Kier alpha value is -2.30. The van der Waals surface area contributed by atoms with Gasteiger partial charge in [-0.15, -0.1) is 0 Å². The number of aryl methyl sites for hydroxylation is 1. The number of nitrogens with zero attached hydrogens (tertiary/aromatic N) is 2. The van der Waals surface area contributed by atoms with Gasteiger partial charge in [0.2, 0.25) is 0 Å². The molecule has 1 heterocycles. The molecule has 3 rings (SSSR count). The molecule has 4 nitrogen and oxygen atoms in total. The molecular formula is C19H19ClN2O2. The Balaban J connectivity index is 1.73. The van der Waals surface area contributed by atoms with Gasteiger partial charge in [0.1, 0.15) is 10.9 Å². The van der Waals surface area contributed by atoms with Crippen molar-refractivity contribution < 1.29 is 9.47 Å². The molecule has 0 aliphatic carbocycles. The molecule has 0 N–H and O–H groups in total. The van der Waals surface area contributed by atoms with Crippen molar-refractivity contribution in [3.63, 3.8) is 0 Å². The van der Waals surface area contributed by atoms with Gasteiger partial charge in [0.15, 0.2) is 0 Å². The summed E-state index contributed by atoms with van der Waals surface area (Å²) in [6.07, 6.45) is 0. The van der Waals surface area contributed by atoms with Crippen molar-refractivity contribution in [2.24, 2.45) is 7.05 Å². The molecule has 2 aromatic carbocycles. The maximum Gasteiger partial charge on any atom is 0.132 e. The van der Waals surface area contributed by atoms with Crippen molar-refractivity contribution in [3.8, 4) is 17.0 Å². The predicted octanol–water partition coefficient (Wildman–Crippen LogP) is 4.47. The summed E-state index contributed by atoms with van der Waals surface area (Å²) in [6.45, 7) is 0.909. The van der Waals surface area contributed by atoms with Crippen LogP contribution in [-0.2, 0) is 25.0 Å². The smallest absolute Gasteiger partial charge is 0.132 e. The summed E-state index contributed by atoms with van der Waals surface area (Å²) >= 11 is 6.39. The van der Waals surface area contributed by atoms with E-state index < -0.39 is 0 Å². The summed E-state index contributed by atoms with van der Waals surface area (Å²) in [4.78, 5) is 0. The fraction of sp³-hybridized carbons (Fsp3) is 0.211. The molecule has 0 saturated carbocycles. The Bertz CT molecular complexity index is 798. The summed E-state index contributed by atoms with van der Waals surface area (Å²) in [7, 11) is 3.49. The van der Waals surface area contributed by atoms with E-state index in [0.29, 0.717) is 18.4 Å². The van der Waals surface area contributed by atoms with Gasteiger partial charge in [-0.25, -0.2) is 0 Å². The minimum atomic E-state index is 0.406. The van der Waals surface area contributed by atoms with Gasteiger partial charge in [0.25, 0.3) is 0 Å². The highest BCUT2D eigenvalue weighted by molar-refractivity contribution is 6.30. The first kappa shape index (κ1) is 16.6. The van der Waals surface area contributed by atoms with Gasteiger partial charge in [-0.05, 0) is 17.7 Å². The lowest BCUT2D eigenvalue weighted by molar-refractivity contribution is 0.107. The Kier molecular flexibility index (Phi) is 5.18. The van der Waals surface area contributed by atoms with Crippen LogP contribution in [0.15, 0.2) is 54.6 Å². The van der Waals surface area contributed by atoms with Gasteiger partial charge in [-0.1, -0.05) is 54.1 Å². The van der Waals surface area contributed by atoms with Crippen LogP contribution in [0.4, 0.5) is 0 Å². The molecule has 0 aliphatic heterocycles. The normalized spacial score (nSPS) is 10.8. The van der Waals surface area contributed by atoms with Crippen molar-refractivity contribution in [3.05, 3.63) is 70.9 Å². The molecule has 0 spiro atoms. The maximum absolute atomic E-state index is 6.39. The van der Waals surface area contributed by atoms with E-state index in [9.17, 15) is 0 Å². The number of rotatable bonds is 6. The number of hydrogen-bond acceptors (Lipinski definition) is 3. The molecule has 0 atom stereocenters. The van der Waals surface area contributed by atoms with E-state index in [1.54, 1.807) is 11.8 Å². The van der Waals surface area contributed by atoms with Gasteiger partial charge in [0.05, 0.1) is 26.0 Å². The minimum absolute atomic E-state index is 0.406. The van der Waals surface area contributed by atoms with Crippen LogP contribution in [0.25, 0.3) is 11.3 Å². The van der Waals surface area contributed by atoms with Crippen molar-refractivity contribution in [1.82, 2.24) is 9.78 Å². The zero-order valence-corrected chi connectivity index (χ0v) is 14.5. The lowest BCUT2D eigenvalue weighted by atomic mass is 10.1. The Morgan fingerprint density at radius 3 is 2.38 bits per heavy atom. The molecule has 0 amide bonds. The molecule has 0 aliphatic rings. The number of hydrogen-bond donors (Lipinski definition) is 0. The maximum atomic E-state index is 6.39. The van der Waals surface area contributed by atoms with Gasteiger partial charge in [0, 0.05) is 18.2 Å². The van der Waals surface area contributed by atoms with E-state index in [1.807, 2.05) is 61.6 Å². The second-order valence-electron chi connectivity index (χ2n) is 5.45. The van der Waals surface area contributed by atoms with Crippen LogP contribution in [0.2, 0.25) is 5.15 Å². The Morgan fingerprint density at radius 1 is 1.00 bits per heavy atom. The second-order valence-corrected chi connectivity index (χ2v) is 5.81. The lowest BCUT2D eigenvalue weighted by Gasteiger charge is -2.07. The SMILES string of the molecule is COc1ccc(COCc2c(-c3ccccc3)nn(C)c2Cl)cc1. The molecule has 3 aromatic rings. The molecular weight excluding hydrogens is 324 g/mol. The van der Waals surface area contributed by atoms with Crippen LogP contribution in [0, 0.1) is 0 Å². The zero-order chi connectivity index (χ0) is 16.9. The Morgan fingerprint density at radius 2 is 1.71 bits per heavy atom. The zero-order valence-electron chi connectivity index (χ0n) is 13.7. The average Bonchev–Trinajstić information content (AvgIpc) is 2.91. The third-order valence-corrected chi connectivity index (χ3v) is 4.26. The van der Waals surface area contributed by atoms with Crippen LogP contribution >= 0.6 is 11.6 Å². The van der Waals surface area contributed by atoms with E-state index in [2.05, 4.69) is 5.10 Å². The molecule has 1 aromatic heterocycles. The van der Waals surface area contributed by atoms with Crippen molar-refractivity contribution in [2.75, 3.05) is 7.11 Å². The fourth-order valence-corrected chi connectivity index (χ4v) is 2.68. The van der Waals surface area contributed by atoms with E-state index in [1.165, 1.54) is 0 Å². The van der Waals surface area contributed by atoms with Crippen molar-refractivity contribution in [2.45, 2.75) is 13.2 Å². The highest BCUT2D eigenvalue weighted by Crippen LogP contribution is 2.29. The Labute approximate surface area is 146 Å². The average molecular weight is 343 g/mol.